The summed E-state index contributed by atoms with van der Waals surface area (Å²) in [5.74, 6) is 0.948. The van der Waals surface area contributed by atoms with Crippen molar-refractivity contribution in [1.29, 1.82) is 0 Å². The van der Waals surface area contributed by atoms with Crippen molar-refractivity contribution in [2.45, 2.75) is 38.4 Å². The molecule has 0 N–H and O–H groups in total. The molecule has 1 aliphatic heterocycles. The molecular formula is C7H15ClSi. The highest BCUT2D eigenvalue weighted by Crippen LogP contribution is 2.34. The third-order valence-electron chi connectivity index (χ3n) is 2.32. The SMILES string of the molecule is CC1CC[Si](C)(Cl)CC1. The highest BCUT2D eigenvalue weighted by molar-refractivity contribution is 7.19. The zero-order chi connectivity index (χ0) is 6.91. The predicted octanol–water partition coefficient (Wildman–Crippen LogP) is 3.23. The van der Waals surface area contributed by atoms with Crippen LogP contribution in [0.3, 0.4) is 0 Å². The van der Waals surface area contributed by atoms with E-state index in [9.17, 15) is 0 Å². The number of hydrogen-bond donors (Lipinski definition) is 0. The lowest BCUT2D eigenvalue weighted by Crippen LogP contribution is -2.27. The molecule has 0 radical (unpaired) electrons. The molecule has 1 aliphatic rings. The van der Waals surface area contributed by atoms with Crippen molar-refractivity contribution in [1.82, 2.24) is 0 Å². The van der Waals surface area contributed by atoms with Crippen LogP contribution in [0.4, 0.5) is 0 Å². The van der Waals surface area contributed by atoms with Crippen molar-refractivity contribution in [2.24, 2.45) is 5.92 Å². The molecule has 0 nitrogen and oxygen atoms in total. The number of hydrogen-bond acceptors (Lipinski definition) is 0. The standard InChI is InChI=1S/C7H15ClSi/c1-7-3-5-9(2,8)6-4-7/h7H,3-6H2,1-2H3. The van der Waals surface area contributed by atoms with Crippen molar-refractivity contribution < 1.29 is 0 Å². The third-order valence-corrected chi connectivity index (χ3v) is 6.11. The minimum atomic E-state index is -1.16. The van der Waals surface area contributed by atoms with Crippen molar-refractivity contribution in [3.8, 4) is 0 Å². The molecule has 2 heteroatoms. The largest absolute Gasteiger partial charge is 0.167 e. The summed E-state index contributed by atoms with van der Waals surface area (Å²) in [7, 11) is -1.16. The minimum absolute atomic E-state index is 0.948. The number of rotatable bonds is 0. The fourth-order valence-electron chi connectivity index (χ4n) is 1.36. The molecule has 0 atom stereocenters. The molecule has 1 fully saturated rings. The molecule has 9 heavy (non-hydrogen) atoms. The summed E-state index contributed by atoms with van der Waals surface area (Å²) in [5.41, 5.74) is 0. The average molecular weight is 163 g/mol. The van der Waals surface area contributed by atoms with E-state index in [1.54, 1.807) is 0 Å². The van der Waals surface area contributed by atoms with E-state index in [1.165, 1.54) is 24.9 Å². The molecule has 0 spiro atoms. The molecule has 1 saturated heterocycles. The summed E-state index contributed by atoms with van der Waals surface area (Å²) in [6.45, 7) is 4.63. The van der Waals surface area contributed by atoms with E-state index in [0.717, 1.165) is 5.92 Å². The van der Waals surface area contributed by atoms with Crippen LogP contribution in [0, 0.1) is 5.92 Å². The van der Waals surface area contributed by atoms with Crippen LogP contribution in [0.2, 0.25) is 18.6 Å². The van der Waals surface area contributed by atoms with Gasteiger partial charge in [-0.3, -0.25) is 0 Å². The predicted molar refractivity (Wildman–Crippen MR) is 45.5 cm³/mol. The first-order valence-corrected chi connectivity index (χ1v) is 7.72. The zero-order valence-electron chi connectivity index (χ0n) is 6.28. The molecule has 0 aromatic rings. The van der Waals surface area contributed by atoms with E-state index < -0.39 is 7.38 Å². The molecule has 0 aromatic carbocycles. The Labute approximate surface area is 63.3 Å². The lowest BCUT2D eigenvalue weighted by molar-refractivity contribution is 0.516. The molecule has 0 bridgehead atoms. The van der Waals surface area contributed by atoms with Crippen LogP contribution >= 0.6 is 11.1 Å². The van der Waals surface area contributed by atoms with E-state index in [0.29, 0.717) is 0 Å². The summed E-state index contributed by atoms with van der Waals surface area (Å²) in [4.78, 5) is 0. The maximum Gasteiger partial charge on any atom is 0.153 e. The second kappa shape index (κ2) is 2.63. The fraction of sp³-hybridized carbons (Fsp3) is 1.00. The number of halogens is 1. The Morgan fingerprint density at radius 2 is 1.78 bits per heavy atom. The van der Waals surface area contributed by atoms with Gasteiger partial charge in [-0.2, -0.15) is 11.1 Å². The van der Waals surface area contributed by atoms with Crippen LogP contribution in [0.1, 0.15) is 19.8 Å². The van der Waals surface area contributed by atoms with Gasteiger partial charge in [-0.05, 0) is 18.0 Å². The smallest absolute Gasteiger partial charge is 0.153 e. The fourth-order valence-corrected chi connectivity index (χ4v) is 4.46. The Morgan fingerprint density at radius 1 is 1.33 bits per heavy atom. The molecule has 1 heterocycles. The first kappa shape index (κ1) is 7.61. The Balaban J connectivity index is 2.35. The van der Waals surface area contributed by atoms with E-state index in [-0.39, 0.29) is 0 Å². The molecule has 0 saturated carbocycles. The van der Waals surface area contributed by atoms with Gasteiger partial charge in [0.25, 0.3) is 0 Å². The van der Waals surface area contributed by atoms with Gasteiger partial charge < -0.3 is 0 Å². The average Bonchev–Trinajstić information content (AvgIpc) is 1.78. The maximum atomic E-state index is 6.28. The Bertz CT molecular complexity index is 91.1. The van der Waals surface area contributed by atoms with Gasteiger partial charge in [0.15, 0.2) is 7.38 Å². The molecule has 54 valence electrons. The maximum absolute atomic E-state index is 6.28. The van der Waals surface area contributed by atoms with Gasteiger partial charge in [0.1, 0.15) is 0 Å². The van der Waals surface area contributed by atoms with E-state index >= 15 is 0 Å². The summed E-state index contributed by atoms with van der Waals surface area (Å²) >= 11 is 6.28. The van der Waals surface area contributed by atoms with Gasteiger partial charge in [-0.15, -0.1) is 0 Å². The highest BCUT2D eigenvalue weighted by Gasteiger charge is 2.29. The topological polar surface area (TPSA) is 0 Å². The first-order chi connectivity index (χ1) is 4.10. The first-order valence-electron chi connectivity index (χ1n) is 3.79. The second-order valence-electron chi connectivity index (χ2n) is 3.60. The molecule has 0 unspecified atom stereocenters. The van der Waals surface area contributed by atoms with Crippen LogP contribution in [0.15, 0.2) is 0 Å². The lowest BCUT2D eigenvalue weighted by atomic mass is 10.1. The van der Waals surface area contributed by atoms with Crippen LogP contribution in [-0.2, 0) is 0 Å². The van der Waals surface area contributed by atoms with Gasteiger partial charge >= 0.3 is 0 Å². The summed E-state index contributed by atoms with van der Waals surface area (Å²) in [6.07, 6.45) is 2.76. The van der Waals surface area contributed by atoms with Crippen molar-refractivity contribution >= 4 is 18.5 Å². The summed E-state index contributed by atoms with van der Waals surface area (Å²) < 4.78 is 0. The van der Waals surface area contributed by atoms with Crippen LogP contribution in [0.25, 0.3) is 0 Å². The van der Waals surface area contributed by atoms with Gasteiger partial charge in [0.2, 0.25) is 0 Å². The molecule has 0 aromatic heterocycles. The van der Waals surface area contributed by atoms with E-state index in [4.69, 9.17) is 11.1 Å². The Kier molecular flexibility index (Phi) is 2.22. The molecular weight excluding hydrogens is 148 g/mol. The van der Waals surface area contributed by atoms with Crippen molar-refractivity contribution in [3.63, 3.8) is 0 Å². The molecule has 1 rings (SSSR count). The van der Waals surface area contributed by atoms with Gasteiger partial charge in [-0.1, -0.05) is 26.3 Å². The summed E-state index contributed by atoms with van der Waals surface area (Å²) in [5, 5.41) is 0. The van der Waals surface area contributed by atoms with Gasteiger partial charge in [0, 0.05) is 0 Å². The summed E-state index contributed by atoms with van der Waals surface area (Å²) in [6, 6.07) is 2.69. The lowest BCUT2D eigenvalue weighted by Gasteiger charge is -2.28. The quantitative estimate of drug-likeness (QED) is 0.379. The minimum Gasteiger partial charge on any atom is -0.167 e. The highest BCUT2D eigenvalue weighted by atomic mass is 35.6. The van der Waals surface area contributed by atoms with Crippen LogP contribution in [-0.4, -0.2) is 7.38 Å². The van der Waals surface area contributed by atoms with Gasteiger partial charge in [-0.25, -0.2) is 0 Å². The molecule has 0 aliphatic carbocycles. The Morgan fingerprint density at radius 3 is 2.11 bits per heavy atom. The third kappa shape index (κ3) is 2.30. The van der Waals surface area contributed by atoms with Crippen molar-refractivity contribution in [2.75, 3.05) is 0 Å². The van der Waals surface area contributed by atoms with E-state index in [1.807, 2.05) is 0 Å². The monoisotopic (exact) mass is 162 g/mol. The zero-order valence-corrected chi connectivity index (χ0v) is 8.04. The normalized spacial score (nSPS) is 45.0. The van der Waals surface area contributed by atoms with Gasteiger partial charge in [0.05, 0.1) is 0 Å². The molecule has 0 amide bonds. The van der Waals surface area contributed by atoms with E-state index in [2.05, 4.69) is 13.5 Å². The Hall–Kier alpha value is 0.507. The second-order valence-corrected chi connectivity index (χ2v) is 10.2. The van der Waals surface area contributed by atoms with Crippen LogP contribution < -0.4 is 0 Å². The van der Waals surface area contributed by atoms with Crippen LogP contribution in [0.5, 0.6) is 0 Å². The van der Waals surface area contributed by atoms with Crippen molar-refractivity contribution in [3.05, 3.63) is 0 Å².